The summed E-state index contributed by atoms with van der Waals surface area (Å²) in [7, 11) is 0. The number of amides is 5. The van der Waals surface area contributed by atoms with Crippen molar-refractivity contribution in [1.82, 2.24) is 30.7 Å². The van der Waals surface area contributed by atoms with E-state index < -0.39 is 29.9 Å². The first-order valence-corrected chi connectivity index (χ1v) is 16.5. The van der Waals surface area contributed by atoms with Crippen LogP contribution in [0.15, 0.2) is 65.5 Å². The monoisotopic (exact) mass is 658 g/mol. The number of aromatic nitrogens is 1. The highest BCUT2D eigenvalue weighted by Crippen LogP contribution is 2.14. The molecule has 0 radical (unpaired) electrons. The molecule has 3 aromatic rings. The van der Waals surface area contributed by atoms with Crippen LogP contribution in [0.3, 0.4) is 0 Å². The summed E-state index contributed by atoms with van der Waals surface area (Å²) in [5.41, 5.74) is 2.02. The van der Waals surface area contributed by atoms with E-state index in [0.717, 1.165) is 5.56 Å². The summed E-state index contributed by atoms with van der Waals surface area (Å²) in [5.74, 6) is -2.20. The quantitative estimate of drug-likeness (QED) is 0.328. The number of hydrogen-bond donors (Lipinski definition) is 4. The number of nitrogens with zero attached hydrogens (tertiary/aromatic N) is 2. The van der Waals surface area contributed by atoms with Gasteiger partial charge in [-0.15, -0.1) is 0 Å². The van der Waals surface area contributed by atoms with Crippen LogP contribution in [0.1, 0.15) is 51.3 Å². The second-order valence-electron chi connectivity index (χ2n) is 12.7. The molecule has 2 aromatic carbocycles. The SMILES string of the molecule is Cc1cc(=O)c2ccccc2n1CC(=O)N1CCCNC(=O)[C@@H](C(C)C)NC(=O)[C@@H](C)NC(=O)[C@H](Cc2ccccc2)NC(=O)CCC1. The number of rotatable bonds is 5. The van der Waals surface area contributed by atoms with Crippen molar-refractivity contribution in [2.24, 2.45) is 5.92 Å². The van der Waals surface area contributed by atoms with Crippen LogP contribution in [0.25, 0.3) is 10.9 Å². The first kappa shape index (κ1) is 35.8. The maximum absolute atomic E-state index is 13.8. The average Bonchev–Trinajstić information content (AvgIpc) is 3.05. The predicted octanol–water partition coefficient (Wildman–Crippen LogP) is 1.81. The number of pyridine rings is 1. The van der Waals surface area contributed by atoms with Crippen molar-refractivity contribution in [2.75, 3.05) is 19.6 Å². The maximum atomic E-state index is 13.8. The van der Waals surface area contributed by atoms with Crippen LogP contribution >= 0.6 is 0 Å². The first-order valence-electron chi connectivity index (χ1n) is 16.5. The molecule has 0 aliphatic carbocycles. The normalized spacial score (nSPS) is 20.7. The van der Waals surface area contributed by atoms with E-state index in [1.165, 1.54) is 13.0 Å². The third kappa shape index (κ3) is 9.52. The second-order valence-corrected chi connectivity index (χ2v) is 12.7. The Morgan fingerprint density at radius 1 is 0.854 bits per heavy atom. The van der Waals surface area contributed by atoms with Gasteiger partial charge in [-0.05, 0) is 50.3 Å². The predicted molar refractivity (Wildman–Crippen MR) is 183 cm³/mol. The van der Waals surface area contributed by atoms with Gasteiger partial charge in [-0.3, -0.25) is 28.8 Å². The minimum Gasteiger partial charge on any atom is -0.354 e. The standard InChI is InChI=1S/C36H46N6O6/c1-23(2)33-36(48)37-17-11-19-41(32(45)22-42-24(3)20-30(43)27-14-8-9-15-29(27)42)18-10-16-31(44)39-28(21-26-12-6-5-7-13-26)35(47)38-25(4)34(46)40-33/h5-9,12-15,20,23,25,28,33H,10-11,16-19,21-22H2,1-4H3,(H,37,48)(H,38,47)(H,39,44)(H,40,46)/t25-,28+,33-/m1/s1. The molecule has 256 valence electrons. The van der Waals surface area contributed by atoms with Crippen LogP contribution in [0.5, 0.6) is 0 Å². The summed E-state index contributed by atoms with van der Waals surface area (Å²) in [4.78, 5) is 80.7. The lowest BCUT2D eigenvalue weighted by Gasteiger charge is -2.27. The number of fused-ring (bicyclic) bond motifs is 1. The lowest BCUT2D eigenvalue weighted by Crippen LogP contribution is -2.57. The third-order valence-corrected chi connectivity index (χ3v) is 8.54. The van der Waals surface area contributed by atoms with Crippen LogP contribution in [0, 0.1) is 12.8 Å². The highest BCUT2D eigenvalue weighted by atomic mass is 16.2. The topological polar surface area (TPSA) is 159 Å². The number of aryl methyl sites for hydroxylation is 1. The molecular formula is C36H46N6O6. The zero-order valence-electron chi connectivity index (χ0n) is 28.1. The van der Waals surface area contributed by atoms with E-state index in [2.05, 4.69) is 21.3 Å². The molecule has 0 unspecified atom stereocenters. The van der Waals surface area contributed by atoms with Crippen molar-refractivity contribution in [3.05, 3.63) is 82.1 Å². The van der Waals surface area contributed by atoms with Gasteiger partial charge in [0.05, 0.1) is 5.52 Å². The first-order chi connectivity index (χ1) is 22.9. The lowest BCUT2D eigenvalue weighted by molar-refractivity contribution is -0.134. The van der Waals surface area contributed by atoms with E-state index in [1.54, 1.807) is 24.0 Å². The largest absolute Gasteiger partial charge is 0.354 e. The Morgan fingerprint density at radius 3 is 2.27 bits per heavy atom. The maximum Gasteiger partial charge on any atom is 0.243 e. The molecule has 0 bridgehead atoms. The van der Waals surface area contributed by atoms with E-state index in [-0.39, 0.29) is 61.5 Å². The number of hydrogen-bond acceptors (Lipinski definition) is 6. The smallest absolute Gasteiger partial charge is 0.243 e. The summed E-state index contributed by atoms with van der Waals surface area (Å²) in [5, 5.41) is 11.7. The van der Waals surface area contributed by atoms with Gasteiger partial charge in [0.2, 0.25) is 29.5 Å². The Hall–Kier alpha value is -5.00. The molecule has 12 heteroatoms. The van der Waals surface area contributed by atoms with Gasteiger partial charge in [-0.2, -0.15) is 0 Å². The van der Waals surface area contributed by atoms with Gasteiger partial charge in [0.1, 0.15) is 24.7 Å². The van der Waals surface area contributed by atoms with Crippen molar-refractivity contribution in [3.63, 3.8) is 0 Å². The van der Waals surface area contributed by atoms with E-state index in [9.17, 15) is 28.8 Å². The fourth-order valence-electron chi connectivity index (χ4n) is 5.80. The molecule has 1 aliphatic heterocycles. The highest BCUT2D eigenvalue weighted by Gasteiger charge is 2.29. The number of benzene rings is 2. The molecule has 3 atom stereocenters. The molecule has 4 rings (SSSR count). The molecule has 4 N–H and O–H groups in total. The van der Waals surface area contributed by atoms with Crippen LogP contribution in [0.4, 0.5) is 0 Å². The Balaban J connectivity index is 1.56. The number of para-hydroxylation sites is 1. The summed E-state index contributed by atoms with van der Waals surface area (Å²) in [6, 6.07) is 15.1. The van der Waals surface area contributed by atoms with Gasteiger partial charge >= 0.3 is 0 Å². The van der Waals surface area contributed by atoms with Gasteiger partial charge in [0.25, 0.3) is 0 Å². The molecule has 1 fully saturated rings. The molecule has 0 spiro atoms. The minimum atomic E-state index is -0.955. The fourth-order valence-corrected chi connectivity index (χ4v) is 5.80. The van der Waals surface area contributed by atoms with Crippen molar-refractivity contribution >= 4 is 40.4 Å². The lowest BCUT2D eigenvalue weighted by atomic mass is 10.0. The van der Waals surface area contributed by atoms with Gasteiger partial charge in [-0.25, -0.2) is 0 Å². The van der Waals surface area contributed by atoms with E-state index >= 15 is 0 Å². The third-order valence-electron chi connectivity index (χ3n) is 8.54. The number of carbonyl (C=O) groups is 5. The average molecular weight is 659 g/mol. The van der Waals surface area contributed by atoms with E-state index in [0.29, 0.717) is 36.0 Å². The highest BCUT2D eigenvalue weighted by molar-refractivity contribution is 5.94. The molecule has 5 amide bonds. The molecule has 1 saturated heterocycles. The zero-order valence-corrected chi connectivity index (χ0v) is 28.1. The van der Waals surface area contributed by atoms with Crippen molar-refractivity contribution in [1.29, 1.82) is 0 Å². The Morgan fingerprint density at radius 2 is 1.54 bits per heavy atom. The van der Waals surface area contributed by atoms with E-state index in [1.807, 2.05) is 60.9 Å². The number of nitrogens with one attached hydrogen (secondary N) is 4. The molecule has 0 saturated carbocycles. The van der Waals surface area contributed by atoms with Crippen LogP contribution < -0.4 is 26.7 Å². The van der Waals surface area contributed by atoms with Gasteiger partial charge in [0.15, 0.2) is 5.43 Å². The minimum absolute atomic E-state index is 0.00978. The second kappa shape index (κ2) is 16.7. The molecule has 1 aromatic heterocycles. The van der Waals surface area contributed by atoms with Gasteiger partial charge in [-0.1, -0.05) is 56.3 Å². The van der Waals surface area contributed by atoms with Gasteiger partial charge < -0.3 is 30.7 Å². The summed E-state index contributed by atoms with van der Waals surface area (Å²) >= 11 is 0. The molecule has 1 aliphatic rings. The zero-order chi connectivity index (χ0) is 34.8. The van der Waals surface area contributed by atoms with Crippen molar-refractivity contribution in [3.8, 4) is 0 Å². The van der Waals surface area contributed by atoms with E-state index in [4.69, 9.17) is 0 Å². The Labute approximate surface area is 280 Å². The van der Waals surface area contributed by atoms with Crippen molar-refractivity contribution < 1.29 is 24.0 Å². The Kier molecular flexibility index (Phi) is 12.5. The molecular weight excluding hydrogens is 612 g/mol. The summed E-state index contributed by atoms with van der Waals surface area (Å²) in [6.07, 6.45) is 1.05. The molecule has 48 heavy (non-hydrogen) atoms. The Bertz CT molecular complexity index is 1690. The van der Waals surface area contributed by atoms with Crippen molar-refractivity contribution in [2.45, 2.75) is 78.0 Å². The van der Waals surface area contributed by atoms with Crippen LogP contribution in [-0.2, 0) is 36.9 Å². The number of carbonyl (C=O) groups excluding carboxylic acids is 5. The van der Waals surface area contributed by atoms with Crippen LogP contribution in [0.2, 0.25) is 0 Å². The molecule has 2 heterocycles. The van der Waals surface area contributed by atoms with Crippen LogP contribution in [-0.4, -0.2) is 76.8 Å². The van der Waals surface area contributed by atoms with Gasteiger partial charge in [0, 0.05) is 49.6 Å². The fraction of sp³-hybridized carbons (Fsp3) is 0.444. The summed E-state index contributed by atoms with van der Waals surface area (Å²) in [6.45, 7) is 7.78. The molecule has 12 nitrogen and oxygen atoms in total. The summed E-state index contributed by atoms with van der Waals surface area (Å²) < 4.78 is 1.81.